The fourth-order valence-corrected chi connectivity index (χ4v) is 4.73. The molecule has 0 bridgehead atoms. The molecule has 1 fully saturated rings. The second-order valence-electron chi connectivity index (χ2n) is 8.48. The standard InChI is InChI=1S/C28H24BrClN2O5/c1-4-36-24-14-18(13-23(29)25(24)37-15-19-10-16(2)9-17(3)11-19)12-22-26(33)31-28(35)32(27(22)34)21-7-5-20(30)6-8-21/h5-14H,4,15H2,1-3H3,(H,31,33,35)/b22-12+. The van der Waals surface area contributed by atoms with Gasteiger partial charge >= 0.3 is 6.03 Å². The highest BCUT2D eigenvalue weighted by molar-refractivity contribution is 9.10. The van der Waals surface area contributed by atoms with Crippen LogP contribution in [0, 0.1) is 13.8 Å². The summed E-state index contributed by atoms with van der Waals surface area (Å²) in [6.07, 6.45) is 1.41. The molecule has 0 aliphatic carbocycles. The summed E-state index contributed by atoms with van der Waals surface area (Å²) in [6, 6.07) is 14.9. The number of hydrogen-bond donors (Lipinski definition) is 1. The number of benzene rings is 3. The van der Waals surface area contributed by atoms with Gasteiger partial charge in [-0.25, -0.2) is 9.69 Å². The fraction of sp³-hybridized carbons (Fsp3) is 0.179. The number of urea groups is 1. The molecule has 4 amide bonds. The van der Waals surface area contributed by atoms with Crippen molar-refractivity contribution in [2.45, 2.75) is 27.4 Å². The average Bonchev–Trinajstić information content (AvgIpc) is 2.82. The van der Waals surface area contributed by atoms with E-state index in [-0.39, 0.29) is 11.3 Å². The predicted octanol–water partition coefficient (Wildman–Crippen LogP) is 6.36. The molecule has 0 spiro atoms. The topological polar surface area (TPSA) is 84.9 Å². The molecule has 9 heteroatoms. The number of aryl methyl sites for hydroxylation is 2. The summed E-state index contributed by atoms with van der Waals surface area (Å²) in [5.74, 6) is -0.590. The maximum atomic E-state index is 13.2. The Kier molecular flexibility index (Phi) is 8.00. The molecule has 1 heterocycles. The van der Waals surface area contributed by atoms with Crippen LogP contribution in [0.25, 0.3) is 6.08 Å². The Bertz CT molecular complexity index is 1400. The minimum Gasteiger partial charge on any atom is -0.490 e. The fourth-order valence-electron chi connectivity index (χ4n) is 4.03. The third-order valence-corrected chi connectivity index (χ3v) is 6.33. The number of carbonyl (C=O) groups is 3. The lowest BCUT2D eigenvalue weighted by Crippen LogP contribution is -2.54. The van der Waals surface area contributed by atoms with Gasteiger partial charge in [0.05, 0.1) is 16.8 Å². The molecule has 3 aromatic carbocycles. The van der Waals surface area contributed by atoms with Gasteiger partial charge in [-0.15, -0.1) is 0 Å². The van der Waals surface area contributed by atoms with Crippen LogP contribution in [-0.4, -0.2) is 24.5 Å². The molecular formula is C28H24BrClN2O5. The number of amides is 4. The highest BCUT2D eigenvalue weighted by atomic mass is 79.9. The van der Waals surface area contributed by atoms with Crippen LogP contribution in [-0.2, 0) is 16.2 Å². The Morgan fingerprint density at radius 2 is 1.65 bits per heavy atom. The van der Waals surface area contributed by atoms with Gasteiger partial charge in [0, 0.05) is 5.02 Å². The van der Waals surface area contributed by atoms with Crippen molar-refractivity contribution < 1.29 is 23.9 Å². The molecule has 0 saturated carbocycles. The number of nitrogens with zero attached hydrogens (tertiary/aromatic N) is 1. The molecular weight excluding hydrogens is 560 g/mol. The van der Waals surface area contributed by atoms with Crippen LogP contribution in [0.3, 0.4) is 0 Å². The van der Waals surface area contributed by atoms with E-state index in [1.165, 1.54) is 18.2 Å². The van der Waals surface area contributed by atoms with Gasteiger partial charge in [0.15, 0.2) is 11.5 Å². The predicted molar refractivity (Wildman–Crippen MR) is 146 cm³/mol. The van der Waals surface area contributed by atoms with E-state index in [4.69, 9.17) is 21.1 Å². The van der Waals surface area contributed by atoms with Crippen LogP contribution >= 0.6 is 27.5 Å². The first-order chi connectivity index (χ1) is 17.7. The summed E-state index contributed by atoms with van der Waals surface area (Å²) in [6.45, 7) is 6.63. The van der Waals surface area contributed by atoms with Crippen LogP contribution in [0.1, 0.15) is 29.2 Å². The molecule has 37 heavy (non-hydrogen) atoms. The lowest BCUT2D eigenvalue weighted by molar-refractivity contribution is -0.122. The second-order valence-corrected chi connectivity index (χ2v) is 9.77. The maximum absolute atomic E-state index is 13.2. The lowest BCUT2D eigenvalue weighted by Gasteiger charge is -2.26. The van der Waals surface area contributed by atoms with E-state index in [9.17, 15) is 14.4 Å². The van der Waals surface area contributed by atoms with Gasteiger partial charge in [0.2, 0.25) is 0 Å². The molecule has 0 atom stereocenters. The highest BCUT2D eigenvalue weighted by Crippen LogP contribution is 2.38. The largest absolute Gasteiger partial charge is 0.490 e. The van der Waals surface area contributed by atoms with Gasteiger partial charge < -0.3 is 9.47 Å². The SMILES string of the molecule is CCOc1cc(/C=C2\C(=O)NC(=O)N(c3ccc(Cl)cc3)C2=O)cc(Br)c1OCc1cc(C)cc(C)c1. The molecule has 7 nitrogen and oxygen atoms in total. The summed E-state index contributed by atoms with van der Waals surface area (Å²) in [5, 5.41) is 2.67. The number of barbiturate groups is 1. The zero-order valence-corrected chi connectivity index (χ0v) is 22.8. The molecule has 0 radical (unpaired) electrons. The number of halogens is 2. The van der Waals surface area contributed by atoms with Gasteiger partial charge in [-0.1, -0.05) is 40.9 Å². The van der Waals surface area contributed by atoms with Crippen LogP contribution in [0.5, 0.6) is 11.5 Å². The van der Waals surface area contributed by atoms with Crippen molar-refractivity contribution in [2.75, 3.05) is 11.5 Å². The first kappa shape index (κ1) is 26.4. The number of imide groups is 2. The molecule has 0 unspecified atom stereocenters. The van der Waals surface area contributed by atoms with Crippen molar-refractivity contribution in [2.24, 2.45) is 0 Å². The maximum Gasteiger partial charge on any atom is 0.335 e. The average molecular weight is 584 g/mol. The summed E-state index contributed by atoms with van der Waals surface area (Å²) in [5.41, 5.74) is 3.91. The van der Waals surface area contributed by atoms with Crippen LogP contribution in [0.2, 0.25) is 5.02 Å². The van der Waals surface area contributed by atoms with Gasteiger partial charge in [-0.2, -0.15) is 0 Å². The van der Waals surface area contributed by atoms with Crippen molar-refractivity contribution in [1.29, 1.82) is 0 Å². The van der Waals surface area contributed by atoms with Crippen LogP contribution in [0.4, 0.5) is 10.5 Å². The second kappa shape index (κ2) is 11.2. The summed E-state index contributed by atoms with van der Waals surface area (Å²) < 4.78 is 12.5. The molecule has 190 valence electrons. The third kappa shape index (κ3) is 6.03. The Labute approximate surface area is 228 Å². The van der Waals surface area contributed by atoms with Gasteiger partial charge in [0.25, 0.3) is 11.8 Å². The zero-order chi connectivity index (χ0) is 26.7. The van der Waals surface area contributed by atoms with Crippen LogP contribution in [0.15, 0.2) is 64.6 Å². The number of anilines is 1. The van der Waals surface area contributed by atoms with Crippen LogP contribution < -0.4 is 19.7 Å². The number of carbonyl (C=O) groups excluding carboxylic acids is 3. The normalized spacial score (nSPS) is 14.7. The lowest BCUT2D eigenvalue weighted by atomic mass is 10.1. The van der Waals surface area contributed by atoms with E-state index in [2.05, 4.69) is 39.4 Å². The van der Waals surface area contributed by atoms with Gasteiger partial charge in [-0.3, -0.25) is 14.9 Å². The van der Waals surface area contributed by atoms with E-state index >= 15 is 0 Å². The summed E-state index contributed by atoms with van der Waals surface area (Å²) in [7, 11) is 0. The molecule has 1 saturated heterocycles. The summed E-state index contributed by atoms with van der Waals surface area (Å²) in [4.78, 5) is 39.1. The monoisotopic (exact) mass is 582 g/mol. The van der Waals surface area contributed by atoms with E-state index in [0.29, 0.717) is 39.8 Å². The molecule has 1 aliphatic heterocycles. The summed E-state index contributed by atoms with van der Waals surface area (Å²) >= 11 is 9.46. The Balaban J connectivity index is 1.66. The van der Waals surface area contributed by atoms with E-state index in [0.717, 1.165) is 21.6 Å². The molecule has 3 aromatic rings. The van der Waals surface area contributed by atoms with E-state index < -0.39 is 17.8 Å². The van der Waals surface area contributed by atoms with E-state index in [1.54, 1.807) is 24.3 Å². The third-order valence-electron chi connectivity index (χ3n) is 5.49. The number of nitrogens with one attached hydrogen (secondary N) is 1. The quantitative estimate of drug-likeness (QED) is 0.258. The minimum atomic E-state index is -0.833. The first-order valence-corrected chi connectivity index (χ1v) is 12.7. The van der Waals surface area contributed by atoms with Crippen molar-refractivity contribution >= 4 is 57.1 Å². The Morgan fingerprint density at radius 1 is 0.973 bits per heavy atom. The number of rotatable bonds is 7. The molecule has 0 aromatic heterocycles. The van der Waals surface area contributed by atoms with Crippen molar-refractivity contribution in [3.63, 3.8) is 0 Å². The Hall–Kier alpha value is -3.62. The molecule has 1 aliphatic rings. The van der Waals surface area contributed by atoms with Gasteiger partial charge in [-0.05, 0) is 90.3 Å². The zero-order valence-electron chi connectivity index (χ0n) is 20.4. The van der Waals surface area contributed by atoms with Crippen molar-refractivity contribution in [3.05, 3.63) is 91.9 Å². The van der Waals surface area contributed by atoms with E-state index in [1.807, 2.05) is 20.8 Å². The molecule has 4 rings (SSSR count). The van der Waals surface area contributed by atoms with Gasteiger partial charge in [0.1, 0.15) is 12.2 Å². The smallest absolute Gasteiger partial charge is 0.335 e. The first-order valence-electron chi connectivity index (χ1n) is 11.5. The molecule has 1 N–H and O–H groups in total. The highest BCUT2D eigenvalue weighted by Gasteiger charge is 2.36. The number of ether oxygens (including phenoxy) is 2. The number of hydrogen-bond acceptors (Lipinski definition) is 5. The van der Waals surface area contributed by atoms with Crippen molar-refractivity contribution in [3.8, 4) is 11.5 Å². The Morgan fingerprint density at radius 3 is 2.30 bits per heavy atom. The van der Waals surface area contributed by atoms with Crippen molar-refractivity contribution in [1.82, 2.24) is 5.32 Å². The minimum absolute atomic E-state index is 0.201.